The molecule has 0 saturated heterocycles. The van der Waals surface area contributed by atoms with Gasteiger partial charge in [0.15, 0.2) is 0 Å². The highest BCUT2D eigenvalue weighted by atomic mass is 16.1. The van der Waals surface area contributed by atoms with Crippen LogP contribution in [0, 0.1) is 0 Å². The number of benzene rings is 1. The Bertz CT molecular complexity index is 347. The van der Waals surface area contributed by atoms with Crippen LogP contribution in [0.2, 0.25) is 0 Å². The van der Waals surface area contributed by atoms with Crippen molar-refractivity contribution in [1.29, 1.82) is 0 Å². The van der Waals surface area contributed by atoms with Crippen molar-refractivity contribution < 1.29 is 4.79 Å². The molecule has 0 spiro atoms. The highest BCUT2D eigenvalue weighted by Gasteiger charge is 1.94. The fraction of sp³-hybridized carbons (Fsp3) is 0.214. The van der Waals surface area contributed by atoms with E-state index in [1.54, 1.807) is 6.08 Å². The van der Waals surface area contributed by atoms with Crippen molar-refractivity contribution >= 4 is 11.9 Å². The van der Waals surface area contributed by atoms with Crippen LogP contribution in [0.15, 0.2) is 48.6 Å². The maximum atomic E-state index is 10.5. The molecular weight excluding hydrogens is 184 g/mol. The zero-order chi connectivity index (χ0) is 10.9. The summed E-state index contributed by atoms with van der Waals surface area (Å²) in [6.45, 7) is 2.13. The zero-order valence-electron chi connectivity index (χ0n) is 9.02. The van der Waals surface area contributed by atoms with E-state index in [2.05, 4.69) is 13.0 Å². The fourth-order valence-corrected chi connectivity index (χ4v) is 1.33. The predicted molar refractivity (Wildman–Crippen MR) is 64.5 cm³/mol. The van der Waals surface area contributed by atoms with E-state index in [1.165, 1.54) is 0 Å². The maximum absolute atomic E-state index is 10.5. The van der Waals surface area contributed by atoms with E-state index in [9.17, 15) is 4.79 Å². The summed E-state index contributed by atoms with van der Waals surface area (Å²) in [4.78, 5) is 10.5. The first-order valence-electron chi connectivity index (χ1n) is 5.26. The first kappa shape index (κ1) is 11.4. The molecule has 15 heavy (non-hydrogen) atoms. The van der Waals surface area contributed by atoms with Gasteiger partial charge in [-0.2, -0.15) is 0 Å². The standard InChI is InChI=1S/C14H16O/c1-2-3-5-8-14(11-12-15)13-9-6-4-7-10-13/h4-12H,2-3H2,1H3. The van der Waals surface area contributed by atoms with Gasteiger partial charge in [0.25, 0.3) is 0 Å². The topological polar surface area (TPSA) is 17.1 Å². The number of allylic oxidation sites excluding steroid dienone is 4. The van der Waals surface area contributed by atoms with E-state index in [0.717, 1.165) is 30.3 Å². The Kier molecular flexibility index (Phi) is 5.16. The first-order valence-corrected chi connectivity index (χ1v) is 5.26. The molecule has 0 heterocycles. The molecule has 0 N–H and O–H groups in total. The van der Waals surface area contributed by atoms with Crippen LogP contribution in [0.5, 0.6) is 0 Å². The second kappa shape index (κ2) is 6.77. The molecule has 0 amide bonds. The van der Waals surface area contributed by atoms with Crippen molar-refractivity contribution in [3.05, 3.63) is 54.1 Å². The van der Waals surface area contributed by atoms with Gasteiger partial charge in [0.05, 0.1) is 0 Å². The lowest BCUT2D eigenvalue weighted by molar-refractivity contribution is -0.104. The minimum Gasteiger partial charge on any atom is -0.299 e. The van der Waals surface area contributed by atoms with Crippen molar-refractivity contribution in [2.24, 2.45) is 0 Å². The molecule has 0 fully saturated rings. The molecule has 0 bridgehead atoms. The Morgan fingerprint density at radius 1 is 1.27 bits per heavy atom. The molecule has 0 aliphatic heterocycles. The van der Waals surface area contributed by atoms with E-state index in [1.807, 2.05) is 36.4 Å². The number of carbonyl (C=O) groups excluding carboxylic acids is 1. The average Bonchev–Trinajstić information content (AvgIpc) is 2.29. The van der Waals surface area contributed by atoms with Crippen molar-refractivity contribution in [3.8, 4) is 0 Å². The van der Waals surface area contributed by atoms with Gasteiger partial charge in [-0.3, -0.25) is 4.79 Å². The molecule has 0 saturated carbocycles. The van der Waals surface area contributed by atoms with Gasteiger partial charge >= 0.3 is 0 Å². The lowest BCUT2D eigenvalue weighted by Crippen LogP contribution is -1.80. The van der Waals surface area contributed by atoms with Gasteiger partial charge in [-0.1, -0.05) is 55.8 Å². The number of rotatable bonds is 5. The number of unbranched alkanes of at least 4 members (excludes halogenated alkanes) is 1. The zero-order valence-corrected chi connectivity index (χ0v) is 9.02. The smallest absolute Gasteiger partial charge is 0.143 e. The third-order valence-corrected chi connectivity index (χ3v) is 2.11. The minimum absolute atomic E-state index is 0.832. The van der Waals surface area contributed by atoms with Gasteiger partial charge < -0.3 is 0 Å². The van der Waals surface area contributed by atoms with Crippen LogP contribution in [0.25, 0.3) is 5.57 Å². The molecule has 1 nitrogen and oxygen atoms in total. The normalized spacial score (nSPS) is 11.9. The lowest BCUT2D eigenvalue weighted by Gasteiger charge is -2.00. The van der Waals surface area contributed by atoms with Gasteiger partial charge in [-0.15, -0.1) is 0 Å². The van der Waals surface area contributed by atoms with Gasteiger partial charge in [0.1, 0.15) is 6.29 Å². The summed E-state index contributed by atoms with van der Waals surface area (Å²) in [6, 6.07) is 9.93. The number of carbonyl (C=O) groups is 1. The second-order valence-corrected chi connectivity index (χ2v) is 3.32. The quantitative estimate of drug-likeness (QED) is 0.403. The SMILES string of the molecule is CCCC=CC(=CC=O)c1ccccc1. The van der Waals surface area contributed by atoms with Crippen LogP contribution in [0.1, 0.15) is 25.3 Å². The van der Waals surface area contributed by atoms with E-state index in [4.69, 9.17) is 0 Å². The second-order valence-electron chi connectivity index (χ2n) is 3.32. The van der Waals surface area contributed by atoms with E-state index in [0.29, 0.717) is 0 Å². The predicted octanol–water partition coefficient (Wildman–Crippen LogP) is 3.63. The summed E-state index contributed by atoms with van der Waals surface area (Å²) in [5, 5.41) is 0. The third-order valence-electron chi connectivity index (χ3n) is 2.11. The molecule has 0 aromatic heterocycles. The van der Waals surface area contributed by atoms with Crippen molar-refractivity contribution in [1.82, 2.24) is 0 Å². The summed E-state index contributed by atoms with van der Waals surface area (Å²) in [5.41, 5.74) is 2.05. The Labute approximate surface area is 91.1 Å². The summed E-state index contributed by atoms with van der Waals surface area (Å²) in [7, 11) is 0. The molecule has 1 heteroatoms. The van der Waals surface area contributed by atoms with Gasteiger partial charge in [-0.25, -0.2) is 0 Å². The number of hydrogen-bond acceptors (Lipinski definition) is 1. The van der Waals surface area contributed by atoms with Gasteiger partial charge in [-0.05, 0) is 23.6 Å². The van der Waals surface area contributed by atoms with Crippen LogP contribution in [-0.4, -0.2) is 6.29 Å². The van der Waals surface area contributed by atoms with Gasteiger partial charge in [0, 0.05) is 0 Å². The molecule has 0 unspecified atom stereocenters. The Morgan fingerprint density at radius 2 is 2.00 bits per heavy atom. The van der Waals surface area contributed by atoms with E-state index >= 15 is 0 Å². The number of aldehydes is 1. The molecular formula is C14H16O. The molecule has 0 radical (unpaired) electrons. The lowest BCUT2D eigenvalue weighted by atomic mass is 10.0. The first-order chi connectivity index (χ1) is 7.38. The molecule has 0 aliphatic carbocycles. The van der Waals surface area contributed by atoms with Crippen LogP contribution in [0.4, 0.5) is 0 Å². The largest absolute Gasteiger partial charge is 0.299 e. The molecule has 1 rings (SSSR count). The molecule has 1 aromatic rings. The summed E-state index contributed by atoms with van der Waals surface area (Å²) in [6.07, 6.45) is 8.71. The Morgan fingerprint density at radius 3 is 2.60 bits per heavy atom. The Hall–Kier alpha value is -1.63. The summed E-state index contributed by atoms with van der Waals surface area (Å²) >= 11 is 0. The minimum atomic E-state index is 0.832. The molecule has 1 aromatic carbocycles. The van der Waals surface area contributed by atoms with E-state index in [-0.39, 0.29) is 0 Å². The average molecular weight is 200 g/mol. The van der Waals surface area contributed by atoms with Crippen LogP contribution < -0.4 is 0 Å². The fourth-order valence-electron chi connectivity index (χ4n) is 1.33. The van der Waals surface area contributed by atoms with Crippen LogP contribution in [-0.2, 0) is 4.79 Å². The van der Waals surface area contributed by atoms with Crippen LogP contribution >= 0.6 is 0 Å². The monoisotopic (exact) mass is 200 g/mol. The van der Waals surface area contributed by atoms with Crippen LogP contribution in [0.3, 0.4) is 0 Å². The van der Waals surface area contributed by atoms with Crippen molar-refractivity contribution in [2.75, 3.05) is 0 Å². The van der Waals surface area contributed by atoms with Gasteiger partial charge in [0.2, 0.25) is 0 Å². The summed E-state index contributed by atoms with van der Waals surface area (Å²) in [5.74, 6) is 0. The molecule has 0 aliphatic rings. The highest BCUT2D eigenvalue weighted by Crippen LogP contribution is 2.15. The number of hydrogen-bond donors (Lipinski definition) is 0. The maximum Gasteiger partial charge on any atom is 0.143 e. The highest BCUT2D eigenvalue weighted by molar-refractivity contribution is 5.86. The Balaban J connectivity index is 2.85. The molecule has 0 atom stereocenters. The van der Waals surface area contributed by atoms with Crippen molar-refractivity contribution in [3.63, 3.8) is 0 Å². The van der Waals surface area contributed by atoms with E-state index < -0.39 is 0 Å². The molecule has 78 valence electrons. The third kappa shape index (κ3) is 3.94. The summed E-state index contributed by atoms with van der Waals surface area (Å²) < 4.78 is 0. The van der Waals surface area contributed by atoms with Crippen molar-refractivity contribution in [2.45, 2.75) is 19.8 Å².